The van der Waals surface area contributed by atoms with Crippen LogP contribution in [0.5, 0.6) is 5.75 Å². The molecule has 0 saturated carbocycles. The first-order chi connectivity index (χ1) is 14.0. The van der Waals surface area contributed by atoms with E-state index in [4.69, 9.17) is 4.74 Å². The second kappa shape index (κ2) is 10.0. The highest BCUT2D eigenvalue weighted by molar-refractivity contribution is 9.09. The molecule has 3 rings (SSSR count). The van der Waals surface area contributed by atoms with Crippen LogP contribution >= 0.6 is 15.9 Å². The van der Waals surface area contributed by atoms with Gasteiger partial charge in [0.15, 0.2) is 0 Å². The number of fused-ring (bicyclic) bond motifs is 1. The number of halogens is 1. The van der Waals surface area contributed by atoms with Crippen molar-refractivity contribution in [3.05, 3.63) is 29.3 Å². The normalized spacial score (nSPS) is 18.8. The summed E-state index contributed by atoms with van der Waals surface area (Å²) in [5.74, 6) is -1.69. The number of piperidine rings is 1. The molecule has 8 heteroatoms. The minimum atomic E-state index is -0.965. The fourth-order valence-electron chi connectivity index (χ4n) is 3.69. The molecule has 2 heterocycles. The van der Waals surface area contributed by atoms with Gasteiger partial charge in [0.05, 0.1) is 17.7 Å². The number of carbonyl (C=O) groups is 4. The molecule has 0 aliphatic carbocycles. The molecule has 0 radical (unpaired) electrons. The van der Waals surface area contributed by atoms with E-state index in [1.165, 1.54) is 19.3 Å². The number of alkyl halides is 1. The third kappa shape index (κ3) is 4.86. The van der Waals surface area contributed by atoms with Crippen LogP contribution in [-0.4, -0.2) is 46.5 Å². The summed E-state index contributed by atoms with van der Waals surface area (Å²) in [6, 6.07) is 3.95. The summed E-state index contributed by atoms with van der Waals surface area (Å²) in [6.07, 6.45) is 6.90. The number of rotatable bonds is 10. The minimum Gasteiger partial charge on any atom is -0.493 e. The van der Waals surface area contributed by atoms with Crippen molar-refractivity contribution in [1.82, 2.24) is 10.2 Å². The zero-order valence-corrected chi connectivity index (χ0v) is 17.8. The van der Waals surface area contributed by atoms with Crippen molar-refractivity contribution in [2.45, 2.75) is 57.4 Å². The molecule has 1 aromatic carbocycles. The SMILES string of the molecule is O=C1CCC(N2C(=O)c3cccc(OCCCCCCCCBr)c3C2=O)C(=O)N1. The van der Waals surface area contributed by atoms with Gasteiger partial charge in [0.25, 0.3) is 11.8 Å². The lowest BCUT2D eigenvalue weighted by atomic mass is 10.0. The van der Waals surface area contributed by atoms with Gasteiger partial charge in [-0.2, -0.15) is 0 Å². The van der Waals surface area contributed by atoms with E-state index in [9.17, 15) is 19.2 Å². The van der Waals surface area contributed by atoms with Gasteiger partial charge in [0.1, 0.15) is 11.8 Å². The molecule has 4 amide bonds. The van der Waals surface area contributed by atoms with E-state index in [0.717, 1.165) is 29.5 Å². The van der Waals surface area contributed by atoms with Crippen LogP contribution < -0.4 is 10.1 Å². The average molecular weight is 465 g/mol. The van der Waals surface area contributed by atoms with Gasteiger partial charge < -0.3 is 4.74 Å². The number of unbranched alkanes of at least 4 members (excludes halogenated alkanes) is 5. The molecule has 0 bridgehead atoms. The Labute approximate surface area is 178 Å². The molecule has 1 unspecified atom stereocenters. The zero-order valence-electron chi connectivity index (χ0n) is 16.2. The first-order valence-electron chi connectivity index (χ1n) is 10.1. The van der Waals surface area contributed by atoms with Crippen LogP contribution in [0.1, 0.15) is 72.1 Å². The van der Waals surface area contributed by atoms with Gasteiger partial charge in [-0.15, -0.1) is 0 Å². The number of nitrogens with one attached hydrogen (secondary N) is 1. The van der Waals surface area contributed by atoms with Crippen LogP contribution in [0.2, 0.25) is 0 Å². The van der Waals surface area contributed by atoms with Gasteiger partial charge in [-0.1, -0.05) is 47.7 Å². The molecule has 2 aliphatic rings. The molecule has 1 atom stereocenters. The van der Waals surface area contributed by atoms with Crippen molar-refractivity contribution >= 4 is 39.6 Å². The molecule has 156 valence electrons. The molecule has 1 N–H and O–H groups in total. The molecule has 2 aliphatic heterocycles. The summed E-state index contributed by atoms with van der Waals surface area (Å²) < 4.78 is 5.81. The van der Waals surface area contributed by atoms with Crippen LogP contribution in [0.3, 0.4) is 0 Å². The predicted octanol–water partition coefficient (Wildman–Crippen LogP) is 3.20. The van der Waals surface area contributed by atoms with Crippen LogP contribution in [0, 0.1) is 0 Å². The summed E-state index contributed by atoms with van der Waals surface area (Å²) in [4.78, 5) is 50.2. The molecule has 1 aromatic rings. The highest BCUT2D eigenvalue weighted by atomic mass is 79.9. The predicted molar refractivity (Wildman–Crippen MR) is 110 cm³/mol. The van der Waals surface area contributed by atoms with E-state index in [1.807, 2.05) is 0 Å². The first kappa shape index (κ1) is 21.5. The molecule has 1 saturated heterocycles. The van der Waals surface area contributed by atoms with Gasteiger partial charge in [0, 0.05) is 11.8 Å². The number of amides is 4. The maximum absolute atomic E-state index is 12.9. The lowest BCUT2D eigenvalue weighted by Crippen LogP contribution is -2.54. The molecule has 29 heavy (non-hydrogen) atoms. The Balaban J connectivity index is 1.61. The number of nitrogens with zero attached hydrogens (tertiary/aromatic N) is 1. The summed E-state index contributed by atoms with van der Waals surface area (Å²) in [7, 11) is 0. The quantitative estimate of drug-likeness (QED) is 0.326. The molecule has 1 fully saturated rings. The Morgan fingerprint density at radius 2 is 1.72 bits per heavy atom. The van der Waals surface area contributed by atoms with Crippen molar-refractivity contribution in [2.24, 2.45) is 0 Å². The standard InChI is InChI=1S/C21H25BrN2O5/c22-12-5-3-1-2-4-6-13-29-16-9-7-8-14-18(16)21(28)24(20(14)27)15-10-11-17(25)23-19(15)26/h7-9,15H,1-6,10-13H2,(H,23,25,26). The van der Waals surface area contributed by atoms with E-state index in [-0.39, 0.29) is 29.9 Å². The summed E-state index contributed by atoms with van der Waals surface area (Å²) in [5.41, 5.74) is 0.450. The third-order valence-electron chi connectivity index (χ3n) is 5.22. The summed E-state index contributed by atoms with van der Waals surface area (Å²) in [6.45, 7) is 0.467. The number of benzene rings is 1. The van der Waals surface area contributed by atoms with Gasteiger partial charge in [0.2, 0.25) is 11.8 Å². The van der Waals surface area contributed by atoms with Gasteiger partial charge in [-0.25, -0.2) is 0 Å². The van der Waals surface area contributed by atoms with Crippen molar-refractivity contribution < 1.29 is 23.9 Å². The highest BCUT2D eigenvalue weighted by Gasteiger charge is 2.45. The Bertz CT molecular complexity index is 810. The topological polar surface area (TPSA) is 92.8 Å². The van der Waals surface area contributed by atoms with Crippen molar-refractivity contribution in [2.75, 3.05) is 11.9 Å². The fraction of sp³-hybridized carbons (Fsp3) is 0.524. The lowest BCUT2D eigenvalue weighted by molar-refractivity contribution is -0.136. The Hall–Kier alpha value is -2.22. The lowest BCUT2D eigenvalue weighted by Gasteiger charge is -2.27. The van der Waals surface area contributed by atoms with E-state index >= 15 is 0 Å². The number of hydrogen-bond donors (Lipinski definition) is 1. The van der Waals surface area contributed by atoms with E-state index < -0.39 is 23.8 Å². The Morgan fingerprint density at radius 3 is 2.45 bits per heavy atom. The minimum absolute atomic E-state index is 0.100. The van der Waals surface area contributed by atoms with E-state index in [1.54, 1.807) is 18.2 Å². The smallest absolute Gasteiger partial charge is 0.266 e. The highest BCUT2D eigenvalue weighted by Crippen LogP contribution is 2.33. The number of carbonyl (C=O) groups excluding carboxylic acids is 4. The monoisotopic (exact) mass is 464 g/mol. The maximum Gasteiger partial charge on any atom is 0.266 e. The van der Waals surface area contributed by atoms with Crippen LogP contribution in [-0.2, 0) is 9.59 Å². The largest absolute Gasteiger partial charge is 0.493 e. The average Bonchev–Trinajstić information content (AvgIpc) is 2.95. The Morgan fingerprint density at radius 1 is 1.00 bits per heavy atom. The van der Waals surface area contributed by atoms with Gasteiger partial charge in [-0.05, 0) is 31.4 Å². The summed E-state index contributed by atoms with van der Waals surface area (Å²) in [5, 5.41) is 3.24. The van der Waals surface area contributed by atoms with Crippen LogP contribution in [0.4, 0.5) is 0 Å². The van der Waals surface area contributed by atoms with Crippen molar-refractivity contribution in [1.29, 1.82) is 0 Å². The van der Waals surface area contributed by atoms with E-state index in [0.29, 0.717) is 12.4 Å². The molecule has 0 aromatic heterocycles. The molecule has 0 spiro atoms. The van der Waals surface area contributed by atoms with Crippen LogP contribution in [0.15, 0.2) is 18.2 Å². The Kier molecular flexibility index (Phi) is 7.41. The van der Waals surface area contributed by atoms with Crippen molar-refractivity contribution in [3.8, 4) is 5.75 Å². The fourth-order valence-corrected chi connectivity index (χ4v) is 4.09. The number of hydrogen-bond acceptors (Lipinski definition) is 5. The second-order valence-electron chi connectivity index (χ2n) is 7.28. The summed E-state index contributed by atoms with van der Waals surface area (Å²) >= 11 is 3.43. The number of ether oxygens (including phenoxy) is 1. The molecule has 7 nitrogen and oxygen atoms in total. The second-order valence-corrected chi connectivity index (χ2v) is 8.08. The van der Waals surface area contributed by atoms with Gasteiger partial charge in [-0.3, -0.25) is 29.4 Å². The third-order valence-corrected chi connectivity index (χ3v) is 5.78. The molecular weight excluding hydrogens is 440 g/mol. The van der Waals surface area contributed by atoms with Gasteiger partial charge >= 0.3 is 0 Å². The molecular formula is C21H25BrN2O5. The van der Waals surface area contributed by atoms with Crippen molar-refractivity contribution in [3.63, 3.8) is 0 Å². The first-order valence-corrected chi connectivity index (χ1v) is 11.2. The van der Waals surface area contributed by atoms with E-state index in [2.05, 4.69) is 21.2 Å². The zero-order chi connectivity index (χ0) is 20.8. The van der Waals surface area contributed by atoms with Crippen LogP contribution in [0.25, 0.3) is 0 Å². The maximum atomic E-state index is 12.9. The number of imide groups is 2.